The molecule has 1 atom stereocenters. The summed E-state index contributed by atoms with van der Waals surface area (Å²) in [7, 11) is 4.17. The maximum absolute atomic E-state index is 5.96. The molecule has 1 aromatic heterocycles. The van der Waals surface area contributed by atoms with Crippen LogP contribution in [0.1, 0.15) is 25.1 Å². The van der Waals surface area contributed by atoms with Gasteiger partial charge in [0.25, 0.3) is 0 Å². The Kier molecular flexibility index (Phi) is 7.61. The van der Waals surface area contributed by atoms with Crippen LogP contribution in [0.2, 0.25) is 0 Å². The molecule has 0 fully saturated rings. The molecule has 6 heteroatoms. The summed E-state index contributed by atoms with van der Waals surface area (Å²) < 4.78 is 7.40. The van der Waals surface area contributed by atoms with Crippen LogP contribution in [-0.2, 0) is 0 Å². The van der Waals surface area contributed by atoms with Gasteiger partial charge >= 0.3 is 0 Å². The Hall–Kier alpha value is 0.120. The number of likely N-dealkylation sites (N-methyl/N-ethyl adjacent to an activating group) is 1. The molecule has 1 aromatic rings. The molecule has 2 N–H and O–H groups in total. The Labute approximate surface area is 132 Å². The molecule has 1 heterocycles. The van der Waals surface area contributed by atoms with Crippen LogP contribution < -0.4 is 5.73 Å². The molecule has 0 aromatic carbocycles. The lowest BCUT2D eigenvalue weighted by atomic mass is 10.1. The number of hydrogen-bond donors (Lipinski definition) is 1. The lowest BCUT2D eigenvalue weighted by Gasteiger charge is -2.30. The van der Waals surface area contributed by atoms with Gasteiger partial charge in [-0.2, -0.15) is 0 Å². The average Bonchev–Trinajstić information content (AvgIpc) is 2.67. The summed E-state index contributed by atoms with van der Waals surface area (Å²) in [6, 6.07) is 2.13. The van der Waals surface area contributed by atoms with Crippen molar-refractivity contribution in [3.8, 4) is 0 Å². The van der Waals surface area contributed by atoms with E-state index in [-0.39, 0.29) is 6.04 Å². The van der Waals surface area contributed by atoms with Crippen LogP contribution in [-0.4, -0.2) is 50.1 Å². The first-order chi connectivity index (χ1) is 8.99. The third-order valence-corrected chi connectivity index (χ3v) is 4.71. The van der Waals surface area contributed by atoms with Crippen molar-refractivity contribution in [2.75, 3.05) is 40.3 Å². The maximum Gasteiger partial charge on any atom is 0.183 e. The molecule has 110 valence electrons. The zero-order valence-corrected chi connectivity index (χ0v) is 15.0. The second kappa shape index (κ2) is 8.42. The summed E-state index contributed by atoms with van der Waals surface area (Å²) >= 11 is 6.84. The van der Waals surface area contributed by atoms with E-state index in [9.17, 15) is 0 Å². The first-order valence-corrected chi connectivity index (χ1v) is 8.11. The number of hydrogen-bond acceptors (Lipinski definition) is 4. The van der Waals surface area contributed by atoms with Crippen LogP contribution in [0.15, 0.2) is 19.6 Å². The summed E-state index contributed by atoms with van der Waals surface area (Å²) in [5.41, 5.74) is 5.96. The van der Waals surface area contributed by atoms with Gasteiger partial charge in [-0.05, 0) is 65.0 Å². The highest BCUT2D eigenvalue weighted by molar-refractivity contribution is 9.13. The fourth-order valence-corrected chi connectivity index (χ4v) is 2.62. The highest BCUT2D eigenvalue weighted by Gasteiger charge is 2.22. The van der Waals surface area contributed by atoms with Crippen molar-refractivity contribution in [2.45, 2.75) is 19.4 Å². The van der Waals surface area contributed by atoms with Crippen LogP contribution in [0.4, 0.5) is 0 Å². The molecule has 0 aliphatic rings. The molecule has 1 rings (SSSR count). The normalized spacial score (nSPS) is 13.5. The number of halogens is 2. The van der Waals surface area contributed by atoms with Crippen LogP contribution in [0.5, 0.6) is 0 Å². The molecule has 1 unspecified atom stereocenters. The molecule has 0 bridgehead atoms. The van der Waals surface area contributed by atoms with Gasteiger partial charge in [0.2, 0.25) is 0 Å². The Morgan fingerprint density at radius 1 is 1.26 bits per heavy atom. The lowest BCUT2D eigenvalue weighted by molar-refractivity contribution is 0.163. The monoisotopic (exact) mass is 395 g/mol. The number of nitrogens with zero attached hydrogens (tertiary/aromatic N) is 2. The van der Waals surface area contributed by atoms with Crippen LogP contribution in [0.25, 0.3) is 0 Å². The van der Waals surface area contributed by atoms with Crippen molar-refractivity contribution in [3.05, 3.63) is 21.0 Å². The Balaban J connectivity index is 2.82. The smallest absolute Gasteiger partial charge is 0.183 e. The van der Waals surface area contributed by atoms with Gasteiger partial charge in [-0.1, -0.05) is 6.92 Å². The highest BCUT2D eigenvalue weighted by Crippen LogP contribution is 2.31. The zero-order valence-electron chi connectivity index (χ0n) is 11.8. The summed E-state index contributed by atoms with van der Waals surface area (Å²) in [6.07, 6.45) is 1.10. The van der Waals surface area contributed by atoms with E-state index in [4.69, 9.17) is 10.2 Å². The van der Waals surface area contributed by atoms with E-state index in [0.717, 1.165) is 41.0 Å². The Bertz CT molecular complexity index is 362. The van der Waals surface area contributed by atoms with Crippen LogP contribution >= 0.6 is 31.9 Å². The Morgan fingerprint density at radius 3 is 2.37 bits per heavy atom. The van der Waals surface area contributed by atoms with E-state index in [1.54, 1.807) is 0 Å². The minimum absolute atomic E-state index is 0.127. The molecular weight excluding hydrogens is 374 g/mol. The lowest BCUT2D eigenvalue weighted by Crippen LogP contribution is -2.38. The van der Waals surface area contributed by atoms with Crippen molar-refractivity contribution in [1.29, 1.82) is 0 Å². The number of nitrogens with two attached hydrogens (primary N) is 1. The van der Waals surface area contributed by atoms with Gasteiger partial charge in [-0.3, -0.25) is 4.90 Å². The van der Waals surface area contributed by atoms with E-state index < -0.39 is 0 Å². The highest BCUT2D eigenvalue weighted by atomic mass is 79.9. The first-order valence-electron chi connectivity index (χ1n) is 6.53. The second-order valence-corrected chi connectivity index (χ2v) is 6.44. The minimum atomic E-state index is 0.127. The van der Waals surface area contributed by atoms with Gasteiger partial charge in [-0.15, -0.1) is 0 Å². The molecule has 0 radical (unpaired) electrons. The van der Waals surface area contributed by atoms with Crippen molar-refractivity contribution in [2.24, 2.45) is 5.73 Å². The first kappa shape index (κ1) is 17.2. The minimum Gasteiger partial charge on any atom is -0.451 e. The standard InChI is InChI=1S/C13H23Br2N3O/c1-4-5-18(7-6-17(2)3)11(9-16)12-8-10(14)13(15)19-12/h8,11H,4-7,9,16H2,1-3H3. The van der Waals surface area contributed by atoms with E-state index in [1.807, 2.05) is 6.07 Å². The van der Waals surface area contributed by atoms with Crippen LogP contribution in [0.3, 0.4) is 0 Å². The summed E-state index contributed by atoms with van der Waals surface area (Å²) in [6.45, 7) is 5.76. The number of rotatable bonds is 8. The topological polar surface area (TPSA) is 45.6 Å². The maximum atomic E-state index is 5.96. The van der Waals surface area contributed by atoms with E-state index >= 15 is 0 Å². The predicted molar refractivity (Wildman–Crippen MR) is 86.3 cm³/mol. The summed E-state index contributed by atoms with van der Waals surface area (Å²) in [5.74, 6) is 0.911. The largest absolute Gasteiger partial charge is 0.451 e. The average molecular weight is 397 g/mol. The van der Waals surface area contributed by atoms with Gasteiger partial charge in [-0.25, -0.2) is 0 Å². The van der Waals surface area contributed by atoms with Crippen molar-refractivity contribution in [3.63, 3.8) is 0 Å². The molecule has 0 aliphatic carbocycles. The fraction of sp³-hybridized carbons (Fsp3) is 0.692. The molecular formula is C13H23Br2N3O. The molecule has 19 heavy (non-hydrogen) atoms. The molecule has 0 spiro atoms. The summed E-state index contributed by atoms with van der Waals surface area (Å²) in [5, 5.41) is 0. The van der Waals surface area contributed by atoms with Gasteiger partial charge in [0.1, 0.15) is 5.76 Å². The zero-order chi connectivity index (χ0) is 14.4. The van der Waals surface area contributed by atoms with Gasteiger partial charge < -0.3 is 15.1 Å². The van der Waals surface area contributed by atoms with E-state index in [1.165, 1.54) is 0 Å². The van der Waals surface area contributed by atoms with Crippen LogP contribution in [0, 0.1) is 0 Å². The third-order valence-electron chi connectivity index (χ3n) is 3.00. The SMILES string of the molecule is CCCN(CCN(C)C)C(CN)c1cc(Br)c(Br)o1. The van der Waals surface area contributed by atoms with E-state index in [2.05, 4.69) is 62.7 Å². The predicted octanol–water partition coefficient (Wildman–Crippen LogP) is 3.08. The Morgan fingerprint density at radius 2 is 1.95 bits per heavy atom. The van der Waals surface area contributed by atoms with Gasteiger partial charge in [0.05, 0.1) is 10.5 Å². The molecule has 0 amide bonds. The molecule has 0 aliphatic heterocycles. The number of furan rings is 1. The third kappa shape index (κ3) is 5.19. The quantitative estimate of drug-likeness (QED) is 0.733. The van der Waals surface area contributed by atoms with E-state index in [0.29, 0.717) is 6.54 Å². The second-order valence-electron chi connectivity index (χ2n) is 4.86. The van der Waals surface area contributed by atoms with Gasteiger partial charge in [0, 0.05) is 19.6 Å². The van der Waals surface area contributed by atoms with Crippen molar-refractivity contribution < 1.29 is 4.42 Å². The summed E-state index contributed by atoms with van der Waals surface area (Å²) in [4.78, 5) is 4.57. The fourth-order valence-electron chi connectivity index (χ4n) is 2.01. The molecule has 0 saturated carbocycles. The van der Waals surface area contributed by atoms with Gasteiger partial charge in [0.15, 0.2) is 4.67 Å². The van der Waals surface area contributed by atoms with Crippen molar-refractivity contribution >= 4 is 31.9 Å². The van der Waals surface area contributed by atoms with Crippen molar-refractivity contribution in [1.82, 2.24) is 9.80 Å². The molecule has 0 saturated heterocycles. The molecule has 4 nitrogen and oxygen atoms in total.